The standard InChI is InChI=1S/C37H54N4O8/c1-27-13-14-31(23-30(27)25-41(26-42)33-15-16-34(43)40-35(33)44)38-17-22-47-20-10-19-46-18-7-6-8-21-48-32-12-9-11-29(24-32)28(2)39-36(45)49-37(3,4)5/h9,11-14,23-24,26,28,33,38H,6-8,10,15-22,25H2,1-5H3,(H,39,45)(H,40,43,44). The van der Waals surface area contributed by atoms with Crippen molar-refractivity contribution in [2.75, 3.05) is 44.9 Å². The zero-order valence-electron chi connectivity index (χ0n) is 29.7. The summed E-state index contributed by atoms with van der Waals surface area (Å²) >= 11 is 0. The second kappa shape index (κ2) is 20.4. The molecule has 0 radical (unpaired) electrons. The van der Waals surface area contributed by atoms with E-state index in [2.05, 4.69) is 16.0 Å². The highest BCUT2D eigenvalue weighted by molar-refractivity contribution is 6.00. The Morgan fingerprint density at radius 1 is 1.00 bits per heavy atom. The zero-order valence-corrected chi connectivity index (χ0v) is 29.7. The molecule has 3 N–H and O–H groups in total. The van der Waals surface area contributed by atoms with Gasteiger partial charge in [0.25, 0.3) is 0 Å². The molecular weight excluding hydrogens is 628 g/mol. The molecule has 0 bridgehead atoms. The molecule has 1 fully saturated rings. The van der Waals surface area contributed by atoms with E-state index in [1.54, 1.807) is 0 Å². The van der Waals surface area contributed by atoms with Gasteiger partial charge in [0.15, 0.2) is 0 Å². The van der Waals surface area contributed by atoms with E-state index >= 15 is 0 Å². The quantitative estimate of drug-likeness (QED) is 0.0892. The summed E-state index contributed by atoms with van der Waals surface area (Å²) in [6, 6.07) is 12.8. The summed E-state index contributed by atoms with van der Waals surface area (Å²) in [5, 5.41) is 8.52. The van der Waals surface area contributed by atoms with Gasteiger partial charge in [0.05, 0.1) is 19.3 Å². The lowest BCUT2D eigenvalue weighted by molar-refractivity contribution is -0.141. The second-order valence-corrected chi connectivity index (χ2v) is 13.2. The van der Waals surface area contributed by atoms with Gasteiger partial charge < -0.3 is 34.5 Å². The maximum Gasteiger partial charge on any atom is 0.408 e. The van der Waals surface area contributed by atoms with E-state index < -0.39 is 23.6 Å². The van der Waals surface area contributed by atoms with E-state index in [9.17, 15) is 19.2 Å². The number of ether oxygens (including phenoxy) is 4. The highest BCUT2D eigenvalue weighted by Gasteiger charge is 2.31. The molecule has 0 aliphatic carbocycles. The number of anilines is 1. The molecule has 2 aromatic carbocycles. The maximum absolute atomic E-state index is 12.2. The van der Waals surface area contributed by atoms with Crippen LogP contribution in [0.25, 0.3) is 0 Å². The largest absolute Gasteiger partial charge is 0.494 e. The third-order valence-electron chi connectivity index (χ3n) is 7.89. The van der Waals surface area contributed by atoms with Gasteiger partial charge in [-0.25, -0.2) is 4.79 Å². The van der Waals surface area contributed by atoms with Gasteiger partial charge in [0.2, 0.25) is 18.2 Å². The molecule has 49 heavy (non-hydrogen) atoms. The first-order valence-electron chi connectivity index (χ1n) is 17.2. The van der Waals surface area contributed by atoms with Crippen LogP contribution in [-0.2, 0) is 35.1 Å². The lowest BCUT2D eigenvalue weighted by Crippen LogP contribution is -2.51. The van der Waals surface area contributed by atoms with Crippen molar-refractivity contribution in [1.29, 1.82) is 0 Å². The Morgan fingerprint density at radius 3 is 2.47 bits per heavy atom. The van der Waals surface area contributed by atoms with Crippen LogP contribution in [-0.4, -0.2) is 80.4 Å². The Balaban J connectivity index is 1.20. The molecule has 3 rings (SSSR count). The van der Waals surface area contributed by atoms with Crippen molar-refractivity contribution in [2.24, 2.45) is 0 Å². The molecule has 270 valence electrons. The minimum Gasteiger partial charge on any atom is -0.494 e. The van der Waals surface area contributed by atoms with Gasteiger partial charge in [-0.2, -0.15) is 0 Å². The predicted octanol–water partition coefficient (Wildman–Crippen LogP) is 5.43. The third kappa shape index (κ3) is 14.9. The van der Waals surface area contributed by atoms with E-state index in [1.807, 2.05) is 77.1 Å². The number of carbonyl (C=O) groups excluding carboxylic acids is 4. The smallest absolute Gasteiger partial charge is 0.408 e. The lowest BCUT2D eigenvalue weighted by atomic mass is 10.0. The second-order valence-electron chi connectivity index (χ2n) is 13.2. The molecule has 12 heteroatoms. The summed E-state index contributed by atoms with van der Waals surface area (Å²) < 4.78 is 22.7. The van der Waals surface area contributed by atoms with Crippen LogP contribution < -0.4 is 20.7 Å². The average Bonchev–Trinajstić information content (AvgIpc) is 3.04. The summed E-state index contributed by atoms with van der Waals surface area (Å²) in [6.45, 7) is 13.4. The number of nitrogens with one attached hydrogen (secondary N) is 3. The molecule has 1 aliphatic heterocycles. The molecular formula is C37H54N4O8. The minimum absolute atomic E-state index is 0.200. The number of imide groups is 1. The summed E-state index contributed by atoms with van der Waals surface area (Å²) in [7, 11) is 0. The molecule has 2 aromatic rings. The van der Waals surface area contributed by atoms with E-state index in [-0.39, 0.29) is 24.9 Å². The Labute approximate surface area is 290 Å². The first-order chi connectivity index (χ1) is 23.4. The molecule has 2 atom stereocenters. The van der Waals surface area contributed by atoms with Crippen molar-refractivity contribution in [3.05, 3.63) is 59.2 Å². The predicted molar refractivity (Wildman–Crippen MR) is 187 cm³/mol. The van der Waals surface area contributed by atoms with E-state index in [0.29, 0.717) is 52.4 Å². The van der Waals surface area contributed by atoms with Crippen LogP contribution in [0.15, 0.2) is 42.5 Å². The highest BCUT2D eigenvalue weighted by Crippen LogP contribution is 2.22. The van der Waals surface area contributed by atoms with Gasteiger partial charge in [-0.05, 0) is 108 Å². The first kappa shape index (κ1) is 39.3. The molecule has 2 unspecified atom stereocenters. The third-order valence-corrected chi connectivity index (χ3v) is 7.89. The number of amides is 4. The van der Waals surface area contributed by atoms with Gasteiger partial charge in [-0.1, -0.05) is 18.2 Å². The van der Waals surface area contributed by atoms with Crippen LogP contribution in [0.5, 0.6) is 5.75 Å². The van der Waals surface area contributed by atoms with Gasteiger partial charge in [0.1, 0.15) is 17.4 Å². The van der Waals surface area contributed by atoms with Gasteiger partial charge >= 0.3 is 6.09 Å². The van der Waals surface area contributed by atoms with Crippen molar-refractivity contribution in [1.82, 2.24) is 15.5 Å². The number of unbranched alkanes of at least 4 members (excludes halogenated alkanes) is 2. The number of piperidine rings is 1. The number of nitrogens with zero attached hydrogens (tertiary/aromatic N) is 1. The number of hydrogen-bond donors (Lipinski definition) is 3. The van der Waals surface area contributed by atoms with Gasteiger partial charge in [-0.3, -0.25) is 19.7 Å². The molecule has 1 aliphatic rings. The molecule has 1 heterocycles. The van der Waals surface area contributed by atoms with Crippen LogP contribution in [0.4, 0.5) is 10.5 Å². The number of benzene rings is 2. The van der Waals surface area contributed by atoms with E-state index in [1.165, 1.54) is 4.90 Å². The fourth-order valence-electron chi connectivity index (χ4n) is 5.22. The van der Waals surface area contributed by atoms with Crippen LogP contribution in [0, 0.1) is 6.92 Å². The molecule has 0 aromatic heterocycles. The topological polar surface area (TPSA) is 145 Å². The molecule has 0 spiro atoms. The summed E-state index contributed by atoms with van der Waals surface area (Å²) in [6.07, 6.45) is 4.48. The summed E-state index contributed by atoms with van der Waals surface area (Å²) in [5.41, 5.74) is 3.25. The fourth-order valence-corrected chi connectivity index (χ4v) is 5.22. The lowest BCUT2D eigenvalue weighted by Gasteiger charge is -2.30. The number of alkyl carbamates (subject to hydrolysis) is 1. The Bertz CT molecular complexity index is 1360. The molecule has 0 saturated carbocycles. The SMILES string of the molecule is Cc1ccc(NCCOCCCOCCCCCOc2cccc(C(C)NC(=O)OC(C)(C)C)c2)cc1CN(C=O)C1CCC(=O)NC1=O. The number of rotatable bonds is 21. The van der Waals surface area contributed by atoms with Crippen molar-refractivity contribution in [2.45, 2.75) is 97.4 Å². The monoisotopic (exact) mass is 682 g/mol. The van der Waals surface area contributed by atoms with Crippen LogP contribution in [0.3, 0.4) is 0 Å². The summed E-state index contributed by atoms with van der Waals surface area (Å²) in [5.74, 6) is 0.0423. The number of hydrogen-bond acceptors (Lipinski definition) is 9. The van der Waals surface area contributed by atoms with Crippen molar-refractivity contribution in [3.8, 4) is 5.75 Å². The van der Waals surface area contributed by atoms with Crippen LogP contribution in [0.2, 0.25) is 0 Å². The summed E-state index contributed by atoms with van der Waals surface area (Å²) in [4.78, 5) is 49.0. The minimum atomic E-state index is -0.647. The molecule has 4 amide bonds. The number of aryl methyl sites for hydroxylation is 1. The Hall–Kier alpha value is -4.16. The van der Waals surface area contributed by atoms with Crippen molar-refractivity contribution in [3.63, 3.8) is 0 Å². The van der Waals surface area contributed by atoms with Gasteiger partial charge in [0, 0.05) is 45.0 Å². The zero-order chi connectivity index (χ0) is 35.6. The van der Waals surface area contributed by atoms with Crippen LogP contribution >= 0.6 is 0 Å². The van der Waals surface area contributed by atoms with E-state index in [4.69, 9.17) is 18.9 Å². The Morgan fingerprint density at radius 2 is 1.73 bits per heavy atom. The van der Waals surface area contributed by atoms with E-state index in [0.717, 1.165) is 53.8 Å². The fraction of sp³-hybridized carbons (Fsp3) is 0.568. The average molecular weight is 683 g/mol. The van der Waals surface area contributed by atoms with Gasteiger partial charge in [-0.15, -0.1) is 0 Å². The van der Waals surface area contributed by atoms with Crippen LogP contribution in [0.1, 0.15) is 89.0 Å². The highest BCUT2D eigenvalue weighted by atomic mass is 16.6. The first-order valence-corrected chi connectivity index (χ1v) is 17.2. The Kier molecular flexibility index (Phi) is 16.3. The van der Waals surface area contributed by atoms with Crippen molar-refractivity contribution < 1.29 is 38.1 Å². The maximum atomic E-state index is 12.2. The number of carbonyl (C=O) groups is 4. The molecule has 12 nitrogen and oxygen atoms in total. The normalized spacial score (nSPS) is 15.2. The van der Waals surface area contributed by atoms with Crippen molar-refractivity contribution >= 4 is 30.0 Å². The molecule has 1 saturated heterocycles.